The molecule has 13 nitrogen and oxygen atoms in total. The second-order valence-corrected chi connectivity index (χ2v) is 20.9. The molecule has 0 radical (unpaired) electrons. The van der Waals surface area contributed by atoms with E-state index in [1.807, 2.05) is 100 Å². The van der Waals surface area contributed by atoms with Gasteiger partial charge in [-0.25, -0.2) is 0 Å². The fourth-order valence-electron chi connectivity index (χ4n) is 8.97. The minimum Gasteiger partial charge on any atom is -0.349 e. The van der Waals surface area contributed by atoms with E-state index in [0.717, 1.165) is 37.9 Å². The van der Waals surface area contributed by atoms with Crippen molar-refractivity contribution in [2.75, 3.05) is 0 Å². The lowest BCUT2D eigenvalue weighted by Gasteiger charge is -2.32. The van der Waals surface area contributed by atoms with Gasteiger partial charge in [0.2, 0.25) is 35.4 Å². The van der Waals surface area contributed by atoms with E-state index < -0.39 is 65.9 Å². The highest BCUT2D eigenvalue weighted by atomic mass is 32.2. The summed E-state index contributed by atoms with van der Waals surface area (Å²) in [5.74, 6) is -4.08. The van der Waals surface area contributed by atoms with Gasteiger partial charge in [0.15, 0.2) is 0 Å². The average Bonchev–Trinajstić information content (AvgIpc) is 3.61. The maximum atomic E-state index is 14.8. The van der Waals surface area contributed by atoms with E-state index in [-0.39, 0.29) is 64.9 Å². The van der Waals surface area contributed by atoms with E-state index in [2.05, 4.69) is 67.5 Å². The second kappa shape index (κ2) is 19.8. The van der Waals surface area contributed by atoms with Crippen molar-refractivity contribution in [2.24, 2.45) is 29.6 Å². The van der Waals surface area contributed by atoms with Crippen LogP contribution in [0.25, 0.3) is 32.3 Å². The first-order chi connectivity index (χ1) is 29.7. The van der Waals surface area contributed by atoms with Gasteiger partial charge in [-0.05, 0) is 73.9 Å². The van der Waals surface area contributed by atoms with Gasteiger partial charge in [0.1, 0.15) is 30.2 Å². The summed E-state index contributed by atoms with van der Waals surface area (Å²) in [5.41, 5.74) is 0.827. The first-order valence-corrected chi connectivity index (χ1v) is 23.6. The molecule has 340 valence electrons. The van der Waals surface area contributed by atoms with Gasteiger partial charge < -0.3 is 31.9 Å². The molecule has 0 saturated carbocycles. The van der Waals surface area contributed by atoms with E-state index in [0.29, 0.717) is 0 Å². The van der Waals surface area contributed by atoms with Crippen LogP contribution in [0.5, 0.6) is 0 Å². The Balaban J connectivity index is 1.42. The first kappa shape index (κ1) is 47.5. The molecule has 2 aliphatic rings. The number of thioether (sulfide) groups is 1. The zero-order valence-corrected chi connectivity index (χ0v) is 39.4. The van der Waals surface area contributed by atoms with Crippen LogP contribution >= 0.6 is 11.8 Å². The Morgan fingerprint density at radius 3 is 1.56 bits per heavy atom. The zero-order chi connectivity index (χ0) is 46.0. The van der Waals surface area contributed by atoms with Crippen LogP contribution in [0.15, 0.2) is 54.6 Å². The number of carbonyl (C=O) groups is 6. The maximum absolute atomic E-state index is 14.8. The number of benzene rings is 4. The highest BCUT2D eigenvalue weighted by Gasteiger charge is 2.44. The Labute approximate surface area is 375 Å². The zero-order valence-electron chi connectivity index (χ0n) is 38.6. The van der Waals surface area contributed by atoms with Crippen LogP contribution in [-0.4, -0.2) is 88.4 Å². The molecule has 7 N–H and O–H groups in total. The van der Waals surface area contributed by atoms with Gasteiger partial charge in [-0.1, -0.05) is 131 Å². The van der Waals surface area contributed by atoms with Crippen molar-refractivity contribution in [1.82, 2.24) is 37.2 Å². The molecule has 0 aromatic heterocycles. The molecular weight excluding hydrogens is 815 g/mol. The molecule has 0 spiro atoms. The second-order valence-electron chi connectivity index (χ2n) is 19.4. The summed E-state index contributed by atoms with van der Waals surface area (Å²) in [5, 5.41) is 27.2. The van der Waals surface area contributed by atoms with Gasteiger partial charge >= 0.3 is 0 Å². The summed E-state index contributed by atoms with van der Waals surface area (Å²) in [4.78, 5) is 85.9. The topological polar surface area (TPSA) is 187 Å². The van der Waals surface area contributed by atoms with Crippen LogP contribution in [0.1, 0.15) is 88.1 Å². The van der Waals surface area contributed by atoms with E-state index in [1.54, 1.807) is 0 Å². The van der Waals surface area contributed by atoms with E-state index in [1.165, 1.54) is 11.8 Å². The smallest absolute Gasteiger partial charge is 0.243 e. The molecular formula is C49H67N7O6S. The fourth-order valence-corrected chi connectivity index (χ4v) is 10.6. The average molecular weight is 882 g/mol. The minimum absolute atomic E-state index is 0.0413. The first-order valence-electron chi connectivity index (χ1n) is 22.6. The number of rotatable bonds is 8. The standard InChI is InChI=1S/C49H67N7O6S/c1-23(2)21-34-44(58)52-39(25(5)6)46(60)53-40(26(7)8)47(61)55-41(27(9)10)49-56-42(28(11)63-49)48(62)54-38(24(3)4)45(59)51-35(43(57)50-34)22-32-18-17-31-16-15-29-13-12-14-30-19-20-33(32)37(31)36(29)30/h12-20,23-28,34-35,38-42,49,56H,21-22H2,1-11H3,(H,50,57)(H,51,59)(H,52,58)(H,53,60)(H,54,62)(H,55,61)/t28?,34-,35+,38-,39+,40-,41+,42+,49?/m1/s1. The summed E-state index contributed by atoms with van der Waals surface area (Å²) in [6.07, 6.45) is 0.332. The molecule has 14 heteroatoms. The molecule has 6 amide bonds. The van der Waals surface area contributed by atoms with E-state index in [4.69, 9.17) is 0 Å². The Morgan fingerprint density at radius 2 is 0.984 bits per heavy atom. The third-order valence-electron chi connectivity index (χ3n) is 12.6. The molecule has 0 aliphatic carbocycles. The van der Waals surface area contributed by atoms with Crippen molar-refractivity contribution in [3.8, 4) is 0 Å². The van der Waals surface area contributed by atoms with E-state index >= 15 is 0 Å². The highest BCUT2D eigenvalue weighted by molar-refractivity contribution is 8.00. The normalized spacial score (nSPS) is 27.5. The molecule has 2 aliphatic heterocycles. The Morgan fingerprint density at radius 1 is 0.508 bits per heavy atom. The quantitative estimate of drug-likeness (QED) is 0.119. The number of carbonyl (C=O) groups excluding carboxylic acids is 6. The molecule has 2 bridgehead atoms. The molecule has 9 atom stereocenters. The fraction of sp³-hybridized carbons (Fsp3) is 0.551. The molecule has 2 fully saturated rings. The monoisotopic (exact) mass is 881 g/mol. The van der Waals surface area contributed by atoms with Crippen molar-refractivity contribution in [1.29, 1.82) is 0 Å². The Hall–Kier alpha value is -4.95. The Bertz CT molecular complexity index is 2310. The third-order valence-corrected chi connectivity index (χ3v) is 14.0. The predicted molar refractivity (Wildman–Crippen MR) is 252 cm³/mol. The van der Waals surface area contributed by atoms with Crippen molar-refractivity contribution in [2.45, 2.75) is 142 Å². The Kier molecular flexibility index (Phi) is 15.0. The number of amides is 6. The minimum atomic E-state index is -1.16. The van der Waals surface area contributed by atoms with Crippen LogP contribution in [0.2, 0.25) is 0 Å². The largest absolute Gasteiger partial charge is 0.349 e. The maximum Gasteiger partial charge on any atom is 0.243 e. The molecule has 4 aromatic rings. The lowest BCUT2D eigenvalue weighted by molar-refractivity contribution is -0.136. The number of hydrogen-bond donors (Lipinski definition) is 7. The van der Waals surface area contributed by atoms with Crippen LogP contribution in [0, 0.1) is 29.6 Å². The lowest BCUT2D eigenvalue weighted by Crippen LogP contribution is -2.61. The van der Waals surface area contributed by atoms with Gasteiger partial charge in [-0.15, -0.1) is 11.8 Å². The van der Waals surface area contributed by atoms with Gasteiger partial charge in [-0.3, -0.25) is 34.1 Å². The molecule has 2 unspecified atom stereocenters. The molecule has 2 saturated heterocycles. The van der Waals surface area contributed by atoms with Crippen LogP contribution in [0.4, 0.5) is 0 Å². The molecule has 4 aromatic carbocycles. The van der Waals surface area contributed by atoms with E-state index in [9.17, 15) is 28.8 Å². The highest BCUT2D eigenvalue weighted by Crippen LogP contribution is 2.36. The SMILES string of the molecule is CC(C)C[C@H]1NC(=O)[C@H](Cc2ccc3ccc4cccc5ccc2c3c45)NC(=O)[C@@H](C(C)C)NC(=O)[C@H]2NC(SC2C)[C@H](C(C)C)NC(=O)[C@@H](C(C)C)NC(=O)[C@H](C(C)C)NC1=O. The summed E-state index contributed by atoms with van der Waals surface area (Å²) in [6, 6.07) is 12.2. The van der Waals surface area contributed by atoms with Crippen molar-refractivity contribution < 1.29 is 28.8 Å². The molecule has 2 heterocycles. The molecule has 63 heavy (non-hydrogen) atoms. The number of fused-ring (bicyclic) bond motifs is 2. The molecule has 6 rings (SSSR count). The number of nitrogens with one attached hydrogen (secondary N) is 7. The van der Waals surface area contributed by atoms with Crippen LogP contribution in [-0.2, 0) is 35.2 Å². The summed E-state index contributed by atoms with van der Waals surface area (Å²) < 4.78 is 0. The van der Waals surface area contributed by atoms with Gasteiger partial charge in [-0.2, -0.15) is 0 Å². The lowest BCUT2D eigenvalue weighted by atomic mass is 9.90. The summed E-state index contributed by atoms with van der Waals surface area (Å²) in [7, 11) is 0. The van der Waals surface area contributed by atoms with Crippen molar-refractivity contribution >= 4 is 79.5 Å². The number of hydrogen-bond acceptors (Lipinski definition) is 8. The summed E-state index contributed by atoms with van der Waals surface area (Å²) >= 11 is 1.53. The van der Waals surface area contributed by atoms with Gasteiger partial charge in [0.05, 0.1) is 17.5 Å². The predicted octanol–water partition coefficient (Wildman–Crippen LogP) is 5.14. The van der Waals surface area contributed by atoms with Crippen LogP contribution in [0.3, 0.4) is 0 Å². The van der Waals surface area contributed by atoms with Crippen LogP contribution < -0.4 is 37.2 Å². The van der Waals surface area contributed by atoms with Crippen molar-refractivity contribution in [3.05, 3.63) is 60.2 Å². The van der Waals surface area contributed by atoms with Gasteiger partial charge in [0.25, 0.3) is 0 Å². The van der Waals surface area contributed by atoms with Crippen molar-refractivity contribution in [3.63, 3.8) is 0 Å². The third kappa shape index (κ3) is 10.5. The van der Waals surface area contributed by atoms with Gasteiger partial charge in [0, 0.05) is 11.7 Å². The summed E-state index contributed by atoms with van der Waals surface area (Å²) in [6.45, 7) is 20.8.